The Kier molecular flexibility index (Phi) is 4.90. The van der Waals surface area contributed by atoms with E-state index in [9.17, 15) is 4.79 Å². The largest absolute Gasteiger partial charge is 0.478 e. The number of carbonyl (C=O) groups is 1. The molecule has 0 aromatic carbocycles. The van der Waals surface area contributed by atoms with Crippen LogP contribution in [0.2, 0.25) is 0 Å². The lowest BCUT2D eigenvalue weighted by Crippen LogP contribution is -2.28. The molecular formula is C12H18N2O3. The van der Waals surface area contributed by atoms with Crippen molar-refractivity contribution in [1.29, 1.82) is 0 Å². The second-order valence-electron chi connectivity index (χ2n) is 3.74. The molecule has 17 heavy (non-hydrogen) atoms. The van der Waals surface area contributed by atoms with Crippen molar-refractivity contribution in [3.8, 4) is 0 Å². The van der Waals surface area contributed by atoms with E-state index < -0.39 is 5.97 Å². The van der Waals surface area contributed by atoms with Crippen LogP contribution in [0.15, 0.2) is 12.3 Å². The number of anilines is 1. The number of aromatic carboxylic acids is 1. The minimum Gasteiger partial charge on any atom is -0.478 e. The van der Waals surface area contributed by atoms with Gasteiger partial charge in [-0.25, -0.2) is 9.78 Å². The summed E-state index contributed by atoms with van der Waals surface area (Å²) in [4.78, 5) is 17.1. The minimum atomic E-state index is -0.952. The molecule has 0 spiro atoms. The number of ether oxygens (including phenoxy) is 1. The first-order chi connectivity index (χ1) is 8.10. The predicted octanol–water partition coefficient (Wildman–Crippen LogP) is 1.56. The van der Waals surface area contributed by atoms with Gasteiger partial charge in [0.2, 0.25) is 0 Å². The molecule has 0 bridgehead atoms. The first kappa shape index (κ1) is 13.4. The van der Waals surface area contributed by atoms with Crippen LogP contribution in [0.4, 0.5) is 5.82 Å². The Bertz CT molecular complexity index is 393. The van der Waals surface area contributed by atoms with Gasteiger partial charge in [0.05, 0.1) is 12.2 Å². The van der Waals surface area contributed by atoms with E-state index in [1.54, 1.807) is 13.2 Å². The molecule has 0 atom stereocenters. The molecule has 1 rings (SSSR count). The van der Waals surface area contributed by atoms with Crippen molar-refractivity contribution < 1.29 is 14.6 Å². The van der Waals surface area contributed by atoms with E-state index in [4.69, 9.17) is 9.84 Å². The summed E-state index contributed by atoms with van der Waals surface area (Å²) in [5, 5.41) is 8.86. The van der Waals surface area contributed by atoms with Crippen LogP contribution in [0, 0.1) is 6.92 Å². The lowest BCUT2D eigenvalue weighted by Gasteiger charge is -2.23. The van der Waals surface area contributed by atoms with Crippen LogP contribution in [0.5, 0.6) is 0 Å². The van der Waals surface area contributed by atoms with Crippen molar-refractivity contribution in [2.75, 3.05) is 31.7 Å². The van der Waals surface area contributed by atoms with Crippen LogP contribution in [-0.4, -0.2) is 42.9 Å². The highest BCUT2D eigenvalue weighted by molar-refractivity contribution is 5.87. The normalized spacial score (nSPS) is 10.3. The van der Waals surface area contributed by atoms with Gasteiger partial charge in [-0.3, -0.25) is 0 Å². The van der Waals surface area contributed by atoms with Gasteiger partial charge in [-0.1, -0.05) is 0 Å². The molecule has 0 unspecified atom stereocenters. The summed E-state index contributed by atoms with van der Waals surface area (Å²) in [6.07, 6.45) is 1.39. The first-order valence-electron chi connectivity index (χ1n) is 5.54. The molecule has 5 nitrogen and oxygen atoms in total. The van der Waals surface area contributed by atoms with Crippen LogP contribution < -0.4 is 4.90 Å². The van der Waals surface area contributed by atoms with Gasteiger partial charge in [0, 0.05) is 26.4 Å². The SMILES string of the molecule is CCN(CCOC)c1ncc(C(=O)O)cc1C. The van der Waals surface area contributed by atoms with Gasteiger partial charge in [0.15, 0.2) is 0 Å². The predicted molar refractivity (Wildman–Crippen MR) is 65.7 cm³/mol. The molecule has 0 saturated carbocycles. The molecule has 1 N–H and O–H groups in total. The summed E-state index contributed by atoms with van der Waals surface area (Å²) in [5.74, 6) is -0.137. The van der Waals surface area contributed by atoms with Crippen LogP contribution in [-0.2, 0) is 4.74 Å². The third kappa shape index (κ3) is 3.42. The van der Waals surface area contributed by atoms with Gasteiger partial charge >= 0.3 is 5.97 Å². The summed E-state index contributed by atoms with van der Waals surface area (Å²) in [7, 11) is 1.65. The zero-order valence-corrected chi connectivity index (χ0v) is 10.4. The highest BCUT2D eigenvalue weighted by Crippen LogP contribution is 2.17. The molecule has 1 aromatic heterocycles. The topological polar surface area (TPSA) is 62.7 Å². The smallest absolute Gasteiger partial charge is 0.337 e. The number of hydrogen-bond acceptors (Lipinski definition) is 4. The number of carboxylic acids is 1. The van der Waals surface area contributed by atoms with Gasteiger partial charge in [-0.2, -0.15) is 0 Å². The number of hydrogen-bond donors (Lipinski definition) is 1. The summed E-state index contributed by atoms with van der Waals surface area (Å²) in [6.45, 7) is 6.07. The Hall–Kier alpha value is -1.62. The van der Waals surface area contributed by atoms with Gasteiger partial charge in [0.1, 0.15) is 5.82 Å². The standard InChI is InChI=1S/C12H18N2O3/c1-4-14(5-6-17-3)11-9(2)7-10(8-13-11)12(15)16/h7-8H,4-6H2,1-3H3,(H,15,16). The van der Waals surface area contributed by atoms with Crippen molar-refractivity contribution in [3.05, 3.63) is 23.4 Å². The van der Waals surface area contributed by atoms with E-state index in [1.807, 2.05) is 13.8 Å². The van der Waals surface area contributed by atoms with E-state index in [1.165, 1.54) is 6.20 Å². The maximum absolute atomic E-state index is 10.8. The quantitative estimate of drug-likeness (QED) is 0.814. The summed E-state index contributed by atoms with van der Waals surface area (Å²) < 4.78 is 5.03. The Labute approximate surface area is 101 Å². The number of pyridine rings is 1. The van der Waals surface area contributed by atoms with Gasteiger partial charge < -0.3 is 14.7 Å². The van der Waals surface area contributed by atoms with E-state index in [0.717, 1.165) is 24.5 Å². The van der Waals surface area contributed by atoms with Gasteiger partial charge in [-0.15, -0.1) is 0 Å². The molecular weight excluding hydrogens is 220 g/mol. The Morgan fingerprint density at radius 1 is 1.59 bits per heavy atom. The van der Waals surface area contributed by atoms with Crippen LogP contribution in [0.25, 0.3) is 0 Å². The summed E-state index contributed by atoms with van der Waals surface area (Å²) in [6, 6.07) is 1.64. The molecule has 94 valence electrons. The third-order valence-corrected chi connectivity index (χ3v) is 2.54. The molecule has 0 radical (unpaired) electrons. The maximum atomic E-state index is 10.8. The highest BCUT2D eigenvalue weighted by Gasteiger charge is 2.11. The lowest BCUT2D eigenvalue weighted by molar-refractivity contribution is 0.0696. The molecule has 1 heterocycles. The van der Waals surface area contributed by atoms with Crippen molar-refractivity contribution >= 4 is 11.8 Å². The number of likely N-dealkylation sites (N-methyl/N-ethyl adjacent to an activating group) is 1. The zero-order valence-electron chi connectivity index (χ0n) is 10.4. The van der Waals surface area contributed by atoms with E-state index in [0.29, 0.717) is 6.61 Å². The Balaban J connectivity index is 2.92. The van der Waals surface area contributed by atoms with E-state index >= 15 is 0 Å². The molecule has 0 aliphatic carbocycles. The second kappa shape index (κ2) is 6.20. The van der Waals surface area contributed by atoms with E-state index in [-0.39, 0.29) is 5.56 Å². The van der Waals surface area contributed by atoms with Crippen molar-refractivity contribution in [2.24, 2.45) is 0 Å². The van der Waals surface area contributed by atoms with E-state index in [2.05, 4.69) is 9.88 Å². The fourth-order valence-corrected chi connectivity index (χ4v) is 1.63. The van der Waals surface area contributed by atoms with Gasteiger partial charge in [-0.05, 0) is 25.5 Å². The second-order valence-corrected chi connectivity index (χ2v) is 3.74. The Morgan fingerprint density at radius 3 is 2.76 bits per heavy atom. The Morgan fingerprint density at radius 2 is 2.29 bits per heavy atom. The zero-order chi connectivity index (χ0) is 12.8. The fourth-order valence-electron chi connectivity index (χ4n) is 1.63. The number of nitrogens with zero attached hydrogens (tertiary/aromatic N) is 2. The molecule has 5 heteroatoms. The number of methoxy groups -OCH3 is 1. The van der Waals surface area contributed by atoms with Crippen LogP contribution >= 0.6 is 0 Å². The molecule has 0 aliphatic heterocycles. The summed E-state index contributed by atoms with van der Waals surface area (Å²) in [5.41, 5.74) is 1.08. The lowest BCUT2D eigenvalue weighted by atomic mass is 10.2. The third-order valence-electron chi connectivity index (χ3n) is 2.54. The molecule has 0 fully saturated rings. The molecule has 1 aromatic rings. The number of aromatic nitrogens is 1. The van der Waals surface area contributed by atoms with Crippen molar-refractivity contribution in [2.45, 2.75) is 13.8 Å². The first-order valence-corrected chi connectivity index (χ1v) is 5.54. The maximum Gasteiger partial charge on any atom is 0.337 e. The highest BCUT2D eigenvalue weighted by atomic mass is 16.5. The molecule has 0 aliphatic rings. The van der Waals surface area contributed by atoms with Crippen molar-refractivity contribution in [1.82, 2.24) is 4.98 Å². The number of carboxylic acid groups (broad SMARTS) is 1. The van der Waals surface area contributed by atoms with Crippen molar-refractivity contribution in [3.63, 3.8) is 0 Å². The average molecular weight is 238 g/mol. The minimum absolute atomic E-state index is 0.217. The molecule has 0 saturated heterocycles. The number of aryl methyl sites for hydroxylation is 1. The summed E-state index contributed by atoms with van der Waals surface area (Å²) >= 11 is 0. The van der Waals surface area contributed by atoms with Crippen LogP contribution in [0.3, 0.4) is 0 Å². The molecule has 0 amide bonds. The van der Waals surface area contributed by atoms with Crippen LogP contribution in [0.1, 0.15) is 22.8 Å². The average Bonchev–Trinajstić information content (AvgIpc) is 2.31. The fraction of sp³-hybridized carbons (Fsp3) is 0.500. The monoisotopic (exact) mass is 238 g/mol. The van der Waals surface area contributed by atoms with Gasteiger partial charge in [0.25, 0.3) is 0 Å². The number of rotatable bonds is 6.